The van der Waals surface area contributed by atoms with Crippen LogP contribution in [-0.4, -0.2) is 148 Å². The third-order valence-electron chi connectivity index (χ3n) is 15.6. The number of oxime groups is 1. The summed E-state index contributed by atoms with van der Waals surface area (Å²) in [5, 5.41) is 63.8. The molecule has 4 bridgehead atoms. The third kappa shape index (κ3) is 10.2. The summed E-state index contributed by atoms with van der Waals surface area (Å²) in [4.78, 5) is 53.7. The SMILES string of the molecule is CO[C@H]1/C=C/O[C@@]2(C)Oc3c(C)c(O)c4c(=O)c(c5oc6cc(N7CCN(CC8CCN(C)CC8)CC7)cc(O)c6nc-5c4c3/C2=N/O)NC(=O)/C(C)=C\C=C\[C@H](C)[C@H](O)[C@@H](C)[C@@H](O)[C@@H](C)[C@H](OC(C)=O)[C@@H]1C. The normalized spacial score (nSPS) is 30.6. The van der Waals surface area contributed by atoms with Crippen molar-refractivity contribution >= 4 is 50.8 Å². The van der Waals surface area contributed by atoms with Gasteiger partial charge in [-0.25, -0.2) is 4.98 Å². The molecule has 1 aliphatic carbocycles. The number of benzene rings is 3. The molecule has 394 valence electrons. The van der Waals surface area contributed by atoms with Gasteiger partial charge in [0.2, 0.25) is 5.43 Å². The van der Waals surface area contributed by atoms with E-state index in [0.29, 0.717) is 24.7 Å². The number of anilines is 2. The first kappa shape index (κ1) is 53.1. The fraction of sp³-hybridized carbons (Fsp3) is 0.537. The van der Waals surface area contributed by atoms with E-state index in [1.54, 1.807) is 52.0 Å². The maximum atomic E-state index is 15.1. The predicted octanol–water partition coefficient (Wildman–Crippen LogP) is 6.11. The van der Waals surface area contributed by atoms with E-state index in [0.717, 1.165) is 32.7 Å². The number of phenolic OH excluding ortho intramolecular Hbond substituents is 2. The molecule has 1 amide bonds. The fourth-order valence-electron chi connectivity index (χ4n) is 11.0. The molecule has 2 aromatic rings. The standard InChI is InChI=1S/C54H70N6O13/c1-27-12-11-13-28(2)53(67)56-44-48(66)40-39(43-51(44)72-38-25-35(24-36(62)42(38)55-43)60-21-19-59(20-22-60)26-34-14-17-58(9)18-15-34)41-50(32(6)47(40)65)73-54(8,52(41)57-68)70-23-16-37(69-10)29(3)49(71-33(7)61)31(5)46(64)30(4)45(27)63/h11-13,16,23-25,27,29-31,34,37,45-46,49,62-65,68H,14-15,17-22,26H2,1-10H3,(H,56,67)/b12-11+,23-16+,28-13-,57-52-/t27-,29+,30+,31+,37-,45-,46+,49+,54-/m0/s1. The smallest absolute Gasteiger partial charge is 0.302 e. The number of esters is 1. The number of nitrogens with one attached hydrogen (secondary N) is 1. The molecule has 2 saturated heterocycles. The summed E-state index contributed by atoms with van der Waals surface area (Å²) >= 11 is 0. The Labute approximate surface area is 424 Å². The minimum atomic E-state index is -1.94. The number of amides is 1. The fourth-order valence-corrected chi connectivity index (χ4v) is 11.0. The van der Waals surface area contributed by atoms with E-state index in [4.69, 9.17) is 28.3 Å². The zero-order valence-corrected chi connectivity index (χ0v) is 43.3. The molecule has 19 nitrogen and oxygen atoms in total. The quantitative estimate of drug-likeness (QED) is 0.0434. The number of phenols is 2. The first-order chi connectivity index (χ1) is 34.7. The lowest BCUT2D eigenvalue weighted by Gasteiger charge is -2.39. The van der Waals surface area contributed by atoms with E-state index < -0.39 is 76.9 Å². The highest BCUT2D eigenvalue weighted by Gasteiger charge is 2.49. The average molecular weight is 1010 g/mol. The van der Waals surface area contributed by atoms with Crippen LogP contribution in [-0.2, 0) is 23.8 Å². The van der Waals surface area contributed by atoms with Gasteiger partial charge in [0.15, 0.2) is 17.1 Å². The van der Waals surface area contributed by atoms with Crippen molar-refractivity contribution in [2.24, 2.45) is 34.7 Å². The number of nitrogens with zero attached hydrogens (tertiary/aromatic N) is 5. The Morgan fingerprint density at radius 1 is 0.959 bits per heavy atom. The molecule has 9 atom stereocenters. The maximum Gasteiger partial charge on any atom is 0.302 e. The molecule has 0 saturated carbocycles. The number of piperidine rings is 1. The van der Waals surface area contributed by atoms with Crippen LogP contribution in [0, 0.1) is 36.5 Å². The van der Waals surface area contributed by atoms with Crippen molar-refractivity contribution in [3.63, 3.8) is 0 Å². The Morgan fingerprint density at radius 2 is 1.66 bits per heavy atom. The minimum absolute atomic E-state index is 0.0140. The molecule has 2 aromatic carbocycles. The van der Waals surface area contributed by atoms with Crippen molar-refractivity contribution in [3.8, 4) is 28.7 Å². The number of methoxy groups -OCH3 is 1. The molecule has 5 aliphatic heterocycles. The number of hydrogen-bond donors (Lipinski definition) is 6. The van der Waals surface area contributed by atoms with Crippen molar-refractivity contribution in [2.45, 2.75) is 98.4 Å². The molecule has 6 N–H and O–H groups in total. The lowest BCUT2D eigenvalue weighted by molar-refractivity contribution is -0.160. The molecule has 73 heavy (non-hydrogen) atoms. The molecule has 5 heterocycles. The summed E-state index contributed by atoms with van der Waals surface area (Å²) in [5.41, 5.74) is -0.499. The molecule has 0 aromatic heterocycles. The van der Waals surface area contributed by atoms with Gasteiger partial charge in [0.05, 0.1) is 35.5 Å². The van der Waals surface area contributed by atoms with Crippen LogP contribution in [0.5, 0.6) is 17.2 Å². The molecule has 19 heteroatoms. The Kier molecular flexibility index (Phi) is 15.5. The predicted molar refractivity (Wildman–Crippen MR) is 275 cm³/mol. The summed E-state index contributed by atoms with van der Waals surface area (Å²) in [7, 11) is 3.61. The van der Waals surface area contributed by atoms with Crippen molar-refractivity contribution in [2.75, 3.05) is 70.2 Å². The number of hydrogen-bond acceptors (Lipinski definition) is 18. The van der Waals surface area contributed by atoms with Gasteiger partial charge in [-0.15, -0.1) is 0 Å². The van der Waals surface area contributed by atoms with E-state index in [1.807, 2.05) is 0 Å². The van der Waals surface area contributed by atoms with Gasteiger partial charge < -0.3 is 64.1 Å². The number of fused-ring (bicyclic) bond motifs is 2. The molecule has 8 rings (SSSR count). The lowest BCUT2D eigenvalue weighted by Crippen LogP contribution is -2.48. The summed E-state index contributed by atoms with van der Waals surface area (Å²) < 4.78 is 31.0. The number of allylic oxidation sites excluding steroid dienone is 2. The monoisotopic (exact) mass is 1010 g/mol. The highest BCUT2D eigenvalue weighted by Crippen LogP contribution is 2.51. The van der Waals surface area contributed by atoms with Crippen LogP contribution in [0.3, 0.4) is 0 Å². The average Bonchev–Trinajstić information content (AvgIpc) is 3.67. The molecular weight excluding hydrogens is 941 g/mol. The Morgan fingerprint density at radius 3 is 2.32 bits per heavy atom. The zero-order valence-electron chi connectivity index (χ0n) is 43.3. The number of aliphatic hydroxyl groups excluding tert-OH is 2. The van der Waals surface area contributed by atoms with E-state index in [2.05, 4.69) is 32.2 Å². The second kappa shape index (κ2) is 21.3. The van der Waals surface area contributed by atoms with Crippen LogP contribution >= 0.6 is 0 Å². The number of aromatic hydroxyl groups is 2. The highest BCUT2D eigenvalue weighted by molar-refractivity contribution is 6.24. The molecule has 0 spiro atoms. The highest BCUT2D eigenvalue weighted by atomic mass is 16.7. The van der Waals surface area contributed by atoms with Crippen LogP contribution in [0.15, 0.2) is 62.6 Å². The number of rotatable bonds is 5. The third-order valence-corrected chi connectivity index (χ3v) is 15.6. The van der Waals surface area contributed by atoms with Crippen LogP contribution in [0.25, 0.3) is 33.3 Å². The van der Waals surface area contributed by atoms with Gasteiger partial charge >= 0.3 is 5.97 Å². The molecule has 0 radical (unpaired) electrons. The number of aromatic nitrogens is 1. The first-order valence-corrected chi connectivity index (χ1v) is 25.1. The van der Waals surface area contributed by atoms with Gasteiger partial charge in [-0.2, -0.15) is 0 Å². The largest absolute Gasteiger partial charge is 0.507 e. The summed E-state index contributed by atoms with van der Waals surface area (Å²) in [6, 6.07) is 3.35. The number of likely N-dealkylation sites (tertiary alicyclic amines) is 1. The second-order valence-corrected chi connectivity index (χ2v) is 20.7. The van der Waals surface area contributed by atoms with Gasteiger partial charge in [0.1, 0.15) is 40.3 Å². The Bertz CT molecular complexity index is 2900. The summed E-state index contributed by atoms with van der Waals surface area (Å²) in [5.74, 6) is -6.10. The van der Waals surface area contributed by atoms with Gasteiger partial charge in [0.25, 0.3) is 11.7 Å². The molecule has 6 aliphatic rings. The van der Waals surface area contributed by atoms with E-state index in [-0.39, 0.29) is 72.9 Å². The van der Waals surface area contributed by atoms with Gasteiger partial charge in [-0.3, -0.25) is 19.3 Å². The second-order valence-electron chi connectivity index (χ2n) is 20.7. The summed E-state index contributed by atoms with van der Waals surface area (Å²) in [6.45, 7) is 19.0. The van der Waals surface area contributed by atoms with E-state index in [1.165, 1.54) is 66.1 Å². The number of piperazine rings is 1. The number of ether oxygens (including phenoxy) is 4. The van der Waals surface area contributed by atoms with Gasteiger partial charge in [0, 0.05) is 112 Å². The van der Waals surface area contributed by atoms with Crippen molar-refractivity contribution < 1.29 is 58.6 Å². The Balaban J connectivity index is 1.27. The van der Waals surface area contributed by atoms with Gasteiger partial charge in [-0.1, -0.05) is 51.1 Å². The molecule has 2 fully saturated rings. The number of aliphatic hydroxyl groups is 2. The zero-order chi connectivity index (χ0) is 52.8. The van der Waals surface area contributed by atoms with Crippen LogP contribution in [0.1, 0.15) is 72.4 Å². The molecular formula is C54H70N6O13. The van der Waals surface area contributed by atoms with Crippen molar-refractivity contribution in [1.82, 2.24) is 14.8 Å². The van der Waals surface area contributed by atoms with Crippen molar-refractivity contribution in [1.29, 1.82) is 0 Å². The van der Waals surface area contributed by atoms with E-state index >= 15 is 4.79 Å². The van der Waals surface area contributed by atoms with Gasteiger partial charge in [-0.05, 0) is 58.8 Å². The first-order valence-electron chi connectivity index (χ1n) is 25.1. The Hall–Kier alpha value is -6.25. The summed E-state index contributed by atoms with van der Waals surface area (Å²) in [6.07, 6.45) is 5.96. The van der Waals surface area contributed by atoms with Crippen molar-refractivity contribution in [3.05, 3.63) is 69.6 Å². The maximum absolute atomic E-state index is 15.1. The lowest BCUT2D eigenvalue weighted by atomic mass is 9.78. The van der Waals surface area contributed by atoms with E-state index in [9.17, 15) is 35.2 Å². The van der Waals surface area contributed by atoms with Crippen LogP contribution < -0.4 is 20.4 Å². The van der Waals surface area contributed by atoms with Crippen LogP contribution in [0.2, 0.25) is 0 Å². The number of carbonyl (C=O) groups excluding carboxylic acids is 2. The minimum Gasteiger partial charge on any atom is -0.507 e. The number of carbonyl (C=O) groups is 2. The topological polar surface area (TPSA) is 249 Å². The van der Waals surface area contributed by atoms with Crippen LogP contribution in [0.4, 0.5) is 11.4 Å². The molecule has 0 unspecified atom stereocenters.